The highest BCUT2D eigenvalue weighted by Crippen LogP contribution is 2.29. The van der Waals surface area contributed by atoms with Crippen LogP contribution in [0.25, 0.3) is 0 Å². The third kappa shape index (κ3) is 3.67. The molecule has 0 atom stereocenters. The first kappa shape index (κ1) is 14.3. The Morgan fingerprint density at radius 3 is 2.68 bits per heavy atom. The van der Waals surface area contributed by atoms with E-state index in [2.05, 4.69) is 22.0 Å². The number of thioether (sulfide) groups is 1. The predicted molar refractivity (Wildman–Crippen MR) is 83.2 cm³/mol. The van der Waals surface area contributed by atoms with Crippen molar-refractivity contribution in [2.24, 2.45) is 0 Å². The third-order valence-electron chi connectivity index (χ3n) is 2.71. The number of hydrogen-bond donors (Lipinski definition) is 0. The van der Waals surface area contributed by atoms with Crippen molar-refractivity contribution in [1.29, 1.82) is 0 Å². The van der Waals surface area contributed by atoms with E-state index in [1.165, 1.54) is 0 Å². The quantitative estimate of drug-likeness (QED) is 0.732. The largest absolute Gasteiger partial charge is 0.497 e. The molecule has 0 fully saturated rings. The summed E-state index contributed by atoms with van der Waals surface area (Å²) in [4.78, 5) is 1.14. The molecular weight excluding hydrogens is 324 g/mol. The molecule has 2 rings (SSSR count). The van der Waals surface area contributed by atoms with Gasteiger partial charge >= 0.3 is 0 Å². The molecule has 19 heavy (non-hydrogen) atoms. The van der Waals surface area contributed by atoms with Crippen LogP contribution in [0.2, 0.25) is 0 Å². The smallest absolute Gasteiger partial charge is 0.133 e. The van der Waals surface area contributed by atoms with Gasteiger partial charge in [-0.25, -0.2) is 0 Å². The van der Waals surface area contributed by atoms with Crippen molar-refractivity contribution >= 4 is 27.7 Å². The van der Waals surface area contributed by atoms with E-state index in [4.69, 9.17) is 9.47 Å². The van der Waals surface area contributed by atoms with Gasteiger partial charge in [0.05, 0.1) is 7.11 Å². The topological polar surface area (TPSA) is 18.5 Å². The van der Waals surface area contributed by atoms with E-state index in [9.17, 15) is 0 Å². The Morgan fingerprint density at radius 1 is 1.16 bits per heavy atom. The molecule has 0 aliphatic carbocycles. The van der Waals surface area contributed by atoms with Crippen molar-refractivity contribution < 1.29 is 9.47 Å². The first-order chi connectivity index (χ1) is 9.24. The summed E-state index contributed by atoms with van der Waals surface area (Å²) in [5.41, 5.74) is 1.07. The van der Waals surface area contributed by atoms with Gasteiger partial charge in [-0.3, -0.25) is 0 Å². The molecule has 100 valence electrons. The van der Waals surface area contributed by atoms with E-state index in [0.717, 1.165) is 26.4 Å². The molecule has 0 unspecified atom stereocenters. The van der Waals surface area contributed by atoms with E-state index in [-0.39, 0.29) is 0 Å². The maximum atomic E-state index is 5.89. The van der Waals surface area contributed by atoms with Crippen molar-refractivity contribution in [1.82, 2.24) is 0 Å². The molecule has 0 spiro atoms. The molecule has 2 nitrogen and oxygen atoms in total. The Bertz CT molecular complexity index is 558. The number of rotatable bonds is 5. The third-order valence-corrected chi connectivity index (χ3v) is 4.26. The minimum Gasteiger partial charge on any atom is -0.497 e. The zero-order valence-corrected chi connectivity index (χ0v) is 13.3. The van der Waals surface area contributed by atoms with Crippen molar-refractivity contribution in [3.8, 4) is 11.5 Å². The number of halogens is 1. The molecule has 0 aliphatic heterocycles. The van der Waals surface area contributed by atoms with Gasteiger partial charge in [-0.2, -0.15) is 0 Å². The number of ether oxygens (including phenoxy) is 2. The standard InChI is InChI=1S/C15H15BrO2S/c1-17-12-7-8-13(16)11(9-12)10-18-14-5-3-4-6-15(14)19-2/h3-9H,10H2,1-2H3. The van der Waals surface area contributed by atoms with Gasteiger partial charge < -0.3 is 9.47 Å². The minimum absolute atomic E-state index is 0.509. The van der Waals surface area contributed by atoms with E-state index < -0.39 is 0 Å². The normalized spacial score (nSPS) is 10.3. The summed E-state index contributed by atoms with van der Waals surface area (Å²) >= 11 is 5.21. The van der Waals surface area contributed by atoms with Crippen LogP contribution in [0.4, 0.5) is 0 Å². The summed E-state index contributed by atoms with van der Waals surface area (Å²) in [5.74, 6) is 1.74. The minimum atomic E-state index is 0.509. The van der Waals surface area contributed by atoms with Crippen LogP contribution in [0.1, 0.15) is 5.56 Å². The highest BCUT2D eigenvalue weighted by Gasteiger charge is 2.06. The molecule has 0 radical (unpaired) electrons. The zero-order chi connectivity index (χ0) is 13.7. The van der Waals surface area contributed by atoms with E-state index in [0.29, 0.717) is 6.61 Å². The highest BCUT2D eigenvalue weighted by atomic mass is 79.9. The van der Waals surface area contributed by atoms with E-state index in [1.807, 2.05) is 42.7 Å². The Hall–Kier alpha value is -1.13. The first-order valence-electron chi connectivity index (χ1n) is 5.83. The van der Waals surface area contributed by atoms with Crippen LogP contribution >= 0.6 is 27.7 Å². The van der Waals surface area contributed by atoms with E-state index in [1.54, 1.807) is 18.9 Å². The van der Waals surface area contributed by atoms with Gasteiger partial charge in [0.25, 0.3) is 0 Å². The number of benzene rings is 2. The second-order valence-electron chi connectivity index (χ2n) is 3.90. The number of para-hydroxylation sites is 1. The molecular formula is C15H15BrO2S. The van der Waals surface area contributed by atoms with Gasteiger partial charge in [0, 0.05) is 14.9 Å². The van der Waals surface area contributed by atoms with Gasteiger partial charge in [-0.1, -0.05) is 28.1 Å². The maximum absolute atomic E-state index is 5.89. The lowest BCUT2D eigenvalue weighted by molar-refractivity contribution is 0.297. The Kier molecular flexibility index (Phi) is 5.16. The van der Waals surface area contributed by atoms with Crippen LogP contribution in [0.5, 0.6) is 11.5 Å². The highest BCUT2D eigenvalue weighted by molar-refractivity contribution is 9.10. The number of methoxy groups -OCH3 is 1. The zero-order valence-electron chi connectivity index (χ0n) is 10.9. The van der Waals surface area contributed by atoms with Crippen LogP contribution in [-0.4, -0.2) is 13.4 Å². The van der Waals surface area contributed by atoms with Gasteiger partial charge in [-0.05, 0) is 36.6 Å². The van der Waals surface area contributed by atoms with Gasteiger partial charge in [0.2, 0.25) is 0 Å². The Morgan fingerprint density at radius 2 is 1.95 bits per heavy atom. The average Bonchev–Trinajstić information content (AvgIpc) is 2.46. The van der Waals surface area contributed by atoms with Crippen LogP contribution in [0.15, 0.2) is 51.8 Å². The number of hydrogen-bond acceptors (Lipinski definition) is 3. The summed E-state index contributed by atoms with van der Waals surface area (Å²) in [6.45, 7) is 0.509. The van der Waals surface area contributed by atoms with Gasteiger partial charge in [-0.15, -0.1) is 11.8 Å². The summed E-state index contributed by atoms with van der Waals surface area (Å²) in [5, 5.41) is 0. The van der Waals surface area contributed by atoms with E-state index >= 15 is 0 Å². The van der Waals surface area contributed by atoms with Crippen LogP contribution in [0, 0.1) is 0 Å². The lowest BCUT2D eigenvalue weighted by Crippen LogP contribution is -1.98. The molecule has 2 aromatic carbocycles. The second-order valence-corrected chi connectivity index (χ2v) is 5.60. The molecule has 0 aromatic heterocycles. The second kappa shape index (κ2) is 6.87. The van der Waals surface area contributed by atoms with Crippen LogP contribution < -0.4 is 9.47 Å². The van der Waals surface area contributed by atoms with Gasteiger partial charge in [0.1, 0.15) is 18.1 Å². The molecule has 0 saturated heterocycles. The molecule has 0 amide bonds. The monoisotopic (exact) mass is 338 g/mol. The van der Waals surface area contributed by atoms with Crippen molar-refractivity contribution in [2.45, 2.75) is 11.5 Å². The summed E-state index contributed by atoms with van der Waals surface area (Å²) in [6.07, 6.45) is 2.05. The molecule has 0 saturated carbocycles. The van der Waals surface area contributed by atoms with Crippen LogP contribution in [-0.2, 0) is 6.61 Å². The molecule has 4 heteroatoms. The fraction of sp³-hybridized carbons (Fsp3) is 0.200. The fourth-order valence-corrected chi connectivity index (χ4v) is 2.59. The Labute approximate surface area is 126 Å². The summed E-state index contributed by atoms with van der Waals surface area (Å²) in [6, 6.07) is 13.9. The van der Waals surface area contributed by atoms with Gasteiger partial charge in [0.15, 0.2) is 0 Å². The lowest BCUT2D eigenvalue weighted by atomic mass is 10.2. The summed E-state index contributed by atoms with van der Waals surface area (Å²) in [7, 11) is 1.66. The maximum Gasteiger partial charge on any atom is 0.133 e. The summed E-state index contributed by atoms with van der Waals surface area (Å²) < 4.78 is 12.1. The molecule has 0 heterocycles. The predicted octanol–water partition coefficient (Wildman–Crippen LogP) is 4.76. The lowest BCUT2D eigenvalue weighted by Gasteiger charge is -2.11. The molecule has 0 N–H and O–H groups in total. The van der Waals surface area contributed by atoms with Crippen molar-refractivity contribution in [3.05, 3.63) is 52.5 Å². The molecule has 0 bridgehead atoms. The molecule has 0 aliphatic rings. The fourth-order valence-electron chi connectivity index (χ4n) is 1.68. The van der Waals surface area contributed by atoms with Crippen LogP contribution in [0.3, 0.4) is 0 Å². The average molecular weight is 339 g/mol. The first-order valence-corrected chi connectivity index (χ1v) is 7.84. The SMILES string of the molecule is COc1ccc(Br)c(COc2ccccc2SC)c1. The molecule has 2 aromatic rings. The van der Waals surface area contributed by atoms with Crippen molar-refractivity contribution in [3.63, 3.8) is 0 Å². The Balaban J connectivity index is 2.14. The van der Waals surface area contributed by atoms with Crippen molar-refractivity contribution in [2.75, 3.05) is 13.4 Å².